The Hall–Kier alpha value is -1.95. The van der Waals surface area contributed by atoms with Crippen molar-refractivity contribution >= 4 is 52.0 Å². The van der Waals surface area contributed by atoms with Crippen molar-refractivity contribution in [1.82, 2.24) is 4.90 Å². The number of ether oxygens (including phenoxy) is 1. The largest absolute Gasteiger partial charge is 0.497 e. The van der Waals surface area contributed by atoms with E-state index in [1.165, 1.54) is 0 Å². The first kappa shape index (κ1) is 21.3. The third-order valence-electron chi connectivity index (χ3n) is 5.94. The summed E-state index contributed by atoms with van der Waals surface area (Å²) in [6, 6.07) is 12.3. The molecule has 1 fully saturated rings. The molecule has 2 aromatic carbocycles. The number of aliphatic imine (C=N–C) groups is 1. The lowest BCUT2D eigenvalue weighted by atomic mass is 9.82. The van der Waals surface area contributed by atoms with Gasteiger partial charge in [0.05, 0.1) is 12.1 Å². The van der Waals surface area contributed by atoms with E-state index in [0.717, 1.165) is 25.7 Å². The van der Waals surface area contributed by atoms with E-state index in [1.54, 1.807) is 48.4 Å². The second-order valence-electron chi connectivity index (χ2n) is 7.92. The van der Waals surface area contributed by atoms with Crippen LogP contribution in [0.2, 0.25) is 10.0 Å². The number of amides is 1. The summed E-state index contributed by atoms with van der Waals surface area (Å²) in [6.07, 6.45) is 3.51. The molecule has 1 heterocycles. The van der Waals surface area contributed by atoms with Gasteiger partial charge in [-0.15, -0.1) is 0 Å². The molecular weight excluding hydrogens is 439 g/mol. The third-order valence-corrected chi connectivity index (χ3v) is 6.87. The Morgan fingerprint density at radius 3 is 2.43 bits per heavy atom. The van der Waals surface area contributed by atoms with Crippen LogP contribution in [0.25, 0.3) is 0 Å². The molecule has 0 N–H and O–H groups in total. The molecule has 2 aromatic rings. The highest BCUT2D eigenvalue weighted by Crippen LogP contribution is 2.43. The van der Waals surface area contributed by atoms with Crippen molar-refractivity contribution in [3.8, 4) is 5.75 Å². The van der Waals surface area contributed by atoms with E-state index in [0.29, 0.717) is 43.5 Å². The summed E-state index contributed by atoms with van der Waals surface area (Å²) in [4.78, 5) is 20.8. The molecule has 1 aliphatic carbocycles. The molecule has 0 atom stereocenters. The van der Waals surface area contributed by atoms with E-state index in [1.807, 2.05) is 6.07 Å². The Labute approximate surface area is 191 Å². The van der Waals surface area contributed by atoms with Gasteiger partial charge in [0, 0.05) is 16.1 Å². The highest BCUT2D eigenvalue weighted by Gasteiger charge is 2.50. The number of rotatable bonds is 3. The van der Waals surface area contributed by atoms with Gasteiger partial charge in [0.25, 0.3) is 5.91 Å². The van der Waals surface area contributed by atoms with E-state index in [-0.39, 0.29) is 5.91 Å². The predicted molar refractivity (Wildman–Crippen MR) is 125 cm³/mol. The number of hydrogen-bond donors (Lipinski definition) is 0. The van der Waals surface area contributed by atoms with Crippen molar-refractivity contribution in [2.45, 2.75) is 38.3 Å². The fourth-order valence-electron chi connectivity index (χ4n) is 4.16. The highest BCUT2D eigenvalue weighted by molar-refractivity contribution is 7.82. The van der Waals surface area contributed by atoms with Gasteiger partial charge in [0.15, 0.2) is 0 Å². The Bertz CT molecular complexity index is 1030. The molecule has 4 nitrogen and oxygen atoms in total. The van der Waals surface area contributed by atoms with Crippen LogP contribution in [-0.4, -0.2) is 34.3 Å². The lowest BCUT2D eigenvalue weighted by molar-refractivity contribution is 0.0613. The molecule has 0 saturated heterocycles. The molecule has 1 spiro atoms. The zero-order valence-electron chi connectivity index (χ0n) is 16.8. The van der Waals surface area contributed by atoms with Crippen LogP contribution in [0.1, 0.15) is 48.5 Å². The summed E-state index contributed by atoms with van der Waals surface area (Å²) in [5.74, 6) is 1.14. The van der Waals surface area contributed by atoms with Crippen LogP contribution in [0.15, 0.2) is 47.5 Å². The maximum absolute atomic E-state index is 13.6. The summed E-state index contributed by atoms with van der Waals surface area (Å²) in [5.41, 5.74) is 1.17. The third kappa shape index (κ3) is 3.75. The second kappa shape index (κ2) is 8.29. The van der Waals surface area contributed by atoms with E-state index in [2.05, 4.69) is 6.92 Å². The van der Waals surface area contributed by atoms with Crippen molar-refractivity contribution in [2.75, 3.05) is 7.11 Å². The van der Waals surface area contributed by atoms with Crippen molar-refractivity contribution in [2.24, 2.45) is 10.9 Å². The molecule has 156 valence electrons. The topological polar surface area (TPSA) is 41.9 Å². The van der Waals surface area contributed by atoms with Gasteiger partial charge in [0.2, 0.25) is 0 Å². The minimum Gasteiger partial charge on any atom is -0.497 e. The first-order valence-electron chi connectivity index (χ1n) is 9.93. The van der Waals surface area contributed by atoms with Crippen LogP contribution in [0.3, 0.4) is 0 Å². The lowest BCUT2D eigenvalue weighted by Crippen LogP contribution is -2.51. The Morgan fingerprint density at radius 1 is 1.17 bits per heavy atom. The van der Waals surface area contributed by atoms with Gasteiger partial charge in [-0.25, -0.2) is 0 Å². The number of benzene rings is 2. The van der Waals surface area contributed by atoms with Gasteiger partial charge in [-0.1, -0.05) is 42.3 Å². The summed E-state index contributed by atoms with van der Waals surface area (Å²) in [5, 5.41) is 1.02. The molecule has 1 saturated carbocycles. The number of halogens is 2. The average molecular weight is 461 g/mol. The number of carbonyl (C=O) groups is 1. The maximum Gasteiger partial charge on any atom is 0.260 e. The van der Waals surface area contributed by atoms with Crippen molar-refractivity contribution < 1.29 is 9.53 Å². The Kier molecular flexibility index (Phi) is 5.88. The van der Waals surface area contributed by atoms with Crippen LogP contribution in [0.5, 0.6) is 5.75 Å². The Balaban J connectivity index is 1.76. The molecule has 1 aliphatic heterocycles. The molecule has 4 rings (SSSR count). The SMILES string of the molecule is COc1ccc(C(=O)N2C(=S)C(c3ccc(Cl)cc3Cl)=NC23CCC(C)CC3)cc1. The van der Waals surface area contributed by atoms with Gasteiger partial charge in [-0.3, -0.25) is 14.7 Å². The fraction of sp³-hybridized carbons (Fsp3) is 0.348. The molecule has 30 heavy (non-hydrogen) atoms. The maximum atomic E-state index is 13.6. The number of carbonyl (C=O) groups excluding carboxylic acids is 1. The van der Waals surface area contributed by atoms with Crippen molar-refractivity contribution in [3.63, 3.8) is 0 Å². The van der Waals surface area contributed by atoms with E-state index in [4.69, 9.17) is 45.1 Å². The van der Waals surface area contributed by atoms with Gasteiger partial charge in [-0.05, 0) is 74.1 Å². The summed E-state index contributed by atoms with van der Waals surface area (Å²) >= 11 is 18.3. The van der Waals surface area contributed by atoms with Crippen LogP contribution >= 0.6 is 35.4 Å². The first-order chi connectivity index (χ1) is 14.3. The van der Waals surface area contributed by atoms with E-state index >= 15 is 0 Å². The minimum absolute atomic E-state index is 0.152. The van der Waals surface area contributed by atoms with Crippen LogP contribution in [0, 0.1) is 5.92 Å². The monoisotopic (exact) mass is 460 g/mol. The fourth-order valence-corrected chi connectivity index (χ4v) is 5.07. The molecule has 1 amide bonds. The number of thiocarbonyl (C=S) groups is 1. The van der Waals surface area contributed by atoms with Crippen LogP contribution in [0.4, 0.5) is 0 Å². The summed E-state index contributed by atoms with van der Waals surface area (Å²) in [6.45, 7) is 2.23. The zero-order chi connectivity index (χ0) is 21.5. The molecular formula is C23H22Cl2N2O2S. The molecule has 2 aliphatic rings. The average Bonchev–Trinajstić information content (AvgIpc) is 3.01. The van der Waals surface area contributed by atoms with Crippen molar-refractivity contribution in [3.05, 3.63) is 63.6 Å². The highest BCUT2D eigenvalue weighted by atomic mass is 35.5. The van der Waals surface area contributed by atoms with Gasteiger partial charge >= 0.3 is 0 Å². The standard InChI is InChI=1S/C23H22Cl2N2O2S/c1-14-9-11-23(12-10-14)26-20(18-8-5-16(24)13-19(18)25)22(30)27(23)21(28)15-3-6-17(29-2)7-4-15/h3-8,13-14H,9-12H2,1-2H3. The van der Waals surface area contributed by atoms with Gasteiger partial charge < -0.3 is 4.74 Å². The molecule has 0 radical (unpaired) electrons. The summed E-state index contributed by atoms with van der Waals surface area (Å²) in [7, 11) is 1.60. The zero-order valence-corrected chi connectivity index (χ0v) is 19.2. The Morgan fingerprint density at radius 2 is 1.83 bits per heavy atom. The van der Waals surface area contributed by atoms with Crippen LogP contribution < -0.4 is 4.74 Å². The second-order valence-corrected chi connectivity index (χ2v) is 9.15. The molecule has 0 unspecified atom stereocenters. The number of nitrogens with zero attached hydrogens (tertiary/aromatic N) is 2. The molecule has 7 heteroatoms. The normalized spacial score (nSPS) is 23.6. The predicted octanol–water partition coefficient (Wildman–Crippen LogP) is 6.18. The van der Waals surface area contributed by atoms with Gasteiger partial charge in [-0.2, -0.15) is 0 Å². The number of methoxy groups -OCH3 is 1. The van der Waals surface area contributed by atoms with Crippen molar-refractivity contribution in [1.29, 1.82) is 0 Å². The quantitative estimate of drug-likeness (QED) is 0.513. The minimum atomic E-state index is -0.668. The molecule has 0 bridgehead atoms. The summed E-state index contributed by atoms with van der Waals surface area (Å²) < 4.78 is 5.22. The number of hydrogen-bond acceptors (Lipinski definition) is 4. The lowest BCUT2D eigenvalue weighted by Gasteiger charge is -2.40. The van der Waals surface area contributed by atoms with E-state index < -0.39 is 5.66 Å². The smallest absolute Gasteiger partial charge is 0.260 e. The van der Waals surface area contributed by atoms with Crippen LogP contribution in [-0.2, 0) is 0 Å². The molecule has 0 aromatic heterocycles. The first-order valence-corrected chi connectivity index (χ1v) is 11.1. The van der Waals surface area contributed by atoms with E-state index in [9.17, 15) is 4.79 Å². The van der Waals surface area contributed by atoms with Gasteiger partial charge in [0.1, 0.15) is 22.1 Å².